The number of benzene rings is 1. The minimum atomic E-state index is 0.574. The van der Waals surface area contributed by atoms with E-state index in [1.807, 2.05) is 12.3 Å². The molecule has 74 valence electrons. The molecule has 1 saturated carbocycles. The summed E-state index contributed by atoms with van der Waals surface area (Å²) in [6.07, 6.45) is 4.46. The van der Waals surface area contributed by atoms with E-state index in [1.54, 1.807) is 0 Å². The first kappa shape index (κ1) is 9.25. The maximum absolute atomic E-state index is 5.19. The lowest BCUT2D eigenvalue weighted by molar-refractivity contribution is 0.131. The molecule has 0 atom stereocenters. The van der Waals surface area contributed by atoms with E-state index in [1.165, 1.54) is 24.0 Å². The van der Waals surface area contributed by atoms with E-state index in [4.69, 9.17) is 4.84 Å². The fourth-order valence-corrected chi connectivity index (χ4v) is 1.29. The molecule has 14 heavy (non-hydrogen) atoms. The molecule has 0 spiro atoms. The molecule has 0 saturated heterocycles. The van der Waals surface area contributed by atoms with Crippen LogP contribution in [0.15, 0.2) is 29.4 Å². The van der Waals surface area contributed by atoms with E-state index in [2.05, 4.69) is 30.3 Å². The lowest BCUT2D eigenvalue weighted by Crippen LogP contribution is -1.88. The van der Waals surface area contributed by atoms with Crippen LogP contribution in [0.25, 0.3) is 0 Å². The second-order valence-corrected chi connectivity index (χ2v) is 3.85. The van der Waals surface area contributed by atoms with Crippen LogP contribution in [-0.4, -0.2) is 6.21 Å². The van der Waals surface area contributed by atoms with E-state index in [-0.39, 0.29) is 0 Å². The lowest BCUT2D eigenvalue weighted by atomic mass is 10.1. The standard InChI is InChI=1S/C12H15NO/c1-10-3-2-4-12(7-10)9-14-13-8-11-5-6-11/h2-4,7-8,11H,5-6,9H2,1H3. The molecule has 0 unspecified atom stereocenters. The highest BCUT2D eigenvalue weighted by atomic mass is 16.6. The number of hydrogen-bond donors (Lipinski definition) is 0. The number of nitrogens with zero attached hydrogens (tertiary/aromatic N) is 1. The quantitative estimate of drug-likeness (QED) is 0.527. The van der Waals surface area contributed by atoms with Gasteiger partial charge in [0.1, 0.15) is 6.61 Å². The Labute approximate surface area is 84.6 Å². The summed E-state index contributed by atoms with van der Waals surface area (Å²) >= 11 is 0. The number of rotatable bonds is 4. The first-order chi connectivity index (χ1) is 6.84. The van der Waals surface area contributed by atoms with Gasteiger partial charge in [-0.15, -0.1) is 0 Å². The molecule has 1 fully saturated rings. The van der Waals surface area contributed by atoms with Gasteiger partial charge in [-0.05, 0) is 31.2 Å². The van der Waals surface area contributed by atoms with Gasteiger partial charge >= 0.3 is 0 Å². The Bertz CT molecular complexity index is 329. The largest absolute Gasteiger partial charge is 0.391 e. The van der Waals surface area contributed by atoms with Gasteiger partial charge in [0.25, 0.3) is 0 Å². The Morgan fingerprint density at radius 3 is 3.07 bits per heavy atom. The van der Waals surface area contributed by atoms with Gasteiger partial charge in [0.15, 0.2) is 0 Å². The normalized spacial score (nSPS) is 16.1. The van der Waals surface area contributed by atoms with Crippen LogP contribution in [0, 0.1) is 12.8 Å². The molecule has 2 heteroatoms. The summed E-state index contributed by atoms with van der Waals surface area (Å²) in [6.45, 7) is 2.65. The molecule has 1 aromatic carbocycles. The Morgan fingerprint density at radius 2 is 2.36 bits per heavy atom. The fraction of sp³-hybridized carbons (Fsp3) is 0.417. The van der Waals surface area contributed by atoms with Crippen molar-refractivity contribution >= 4 is 6.21 Å². The molecule has 0 aliphatic heterocycles. The average molecular weight is 189 g/mol. The van der Waals surface area contributed by atoms with E-state index < -0.39 is 0 Å². The third kappa shape index (κ3) is 2.87. The maximum atomic E-state index is 5.19. The van der Waals surface area contributed by atoms with Crippen molar-refractivity contribution in [3.63, 3.8) is 0 Å². The first-order valence-electron chi connectivity index (χ1n) is 5.05. The van der Waals surface area contributed by atoms with Gasteiger partial charge < -0.3 is 4.84 Å². The van der Waals surface area contributed by atoms with Crippen LogP contribution in [0.2, 0.25) is 0 Å². The Morgan fingerprint density at radius 1 is 1.50 bits per heavy atom. The zero-order valence-corrected chi connectivity index (χ0v) is 8.44. The molecule has 2 rings (SSSR count). The smallest absolute Gasteiger partial charge is 0.142 e. The third-order valence-electron chi connectivity index (χ3n) is 2.28. The predicted molar refractivity (Wildman–Crippen MR) is 57.2 cm³/mol. The molecule has 0 N–H and O–H groups in total. The minimum absolute atomic E-state index is 0.574. The molecule has 0 radical (unpaired) electrons. The van der Waals surface area contributed by atoms with Crippen LogP contribution in [0.3, 0.4) is 0 Å². The van der Waals surface area contributed by atoms with E-state index in [9.17, 15) is 0 Å². The summed E-state index contributed by atoms with van der Waals surface area (Å²) in [6, 6.07) is 8.29. The molecule has 1 aliphatic carbocycles. The topological polar surface area (TPSA) is 21.6 Å². The molecular formula is C12H15NO. The van der Waals surface area contributed by atoms with Crippen LogP contribution < -0.4 is 0 Å². The molecule has 0 bridgehead atoms. The Hall–Kier alpha value is -1.31. The van der Waals surface area contributed by atoms with Crippen LogP contribution in [0.4, 0.5) is 0 Å². The zero-order chi connectivity index (χ0) is 9.80. The van der Waals surface area contributed by atoms with Gasteiger partial charge in [-0.25, -0.2) is 0 Å². The Kier molecular flexibility index (Phi) is 2.82. The van der Waals surface area contributed by atoms with Crippen molar-refractivity contribution < 1.29 is 4.84 Å². The highest BCUT2D eigenvalue weighted by molar-refractivity contribution is 5.62. The SMILES string of the molecule is Cc1cccc(CON=CC2CC2)c1. The van der Waals surface area contributed by atoms with Crippen molar-refractivity contribution in [2.45, 2.75) is 26.4 Å². The average Bonchev–Trinajstić information content (AvgIpc) is 2.96. The fourth-order valence-electron chi connectivity index (χ4n) is 1.29. The number of oxime groups is 1. The summed E-state index contributed by atoms with van der Waals surface area (Å²) in [5, 5.41) is 3.93. The van der Waals surface area contributed by atoms with Gasteiger partial charge in [0.2, 0.25) is 0 Å². The van der Waals surface area contributed by atoms with E-state index >= 15 is 0 Å². The lowest BCUT2D eigenvalue weighted by Gasteiger charge is -2.00. The van der Waals surface area contributed by atoms with Gasteiger partial charge in [0, 0.05) is 6.21 Å². The first-order valence-corrected chi connectivity index (χ1v) is 5.05. The maximum Gasteiger partial charge on any atom is 0.142 e. The van der Waals surface area contributed by atoms with E-state index in [0.717, 1.165) is 0 Å². The summed E-state index contributed by atoms with van der Waals surface area (Å²) < 4.78 is 0. The Balaban J connectivity index is 1.79. The molecule has 0 amide bonds. The summed E-state index contributed by atoms with van der Waals surface area (Å²) in [7, 11) is 0. The van der Waals surface area contributed by atoms with Gasteiger partial charge in [0.05, 0.1) is 0 Å². The number of hydrogen-bond acceptors (Lipinski definition) is 2. The van der Waals surface area contributed by atoms with Crippen LogP contribution in [0.1, 0.15) is 24.0 Å². The van der Waals surface area contributed by atoms with Crippen molar-refractivity contribution in [1.29, 1.82) is 0 Å². The van der Waals surface area contributed by atoms with Crippen molar-refractivity contribution in [1.82, 2.24) is 0 Å². The van der Waals surface area contributed by atoms with Crippen molar-refractivity contribution in [2.75, 3.05) is 0 Å². The second kappa shape index (κ2) is 4.27. The highest BCUT2D eigenvalue weighted by Crippen LogP contribution is 2.26. The van der Waals surface area contributed by atoms with Gasteiger partial charge in [-0.3, -0.25) is 0 Å². The summed E-state index contributed by atoms with van der Waals surface area (Å²) in [4.78, 5) is 5.19. The molecule has 2 nitrogen and oxygen atoms in total. The summed E-state index contributed by atoms with van der Waals surface area (Å²) in [5.74, 6) is 0.688. The summed E-state index contributed by atoms with van der Waals surface area (Å²) in [5.41, 5.74) is 2.44. The molecular weight excluding hydrogens is 174 g/mol. The van der Waals surface area contributed by atoms with Gasteiger partial charge in [-0.2, -0.15) is 0 Å². The highest BCUT2D eigenvalue weighted by Gasteiger charge is 2.18. The number of aryl methyl sites for hydroxylation is 1. The van der Waals surface area contributed by atoms with Crippen LogP contribution >= 0.6 is 0 Å². The minimum Gasteiger partial charge on any atom is -0.391 e. The predicted octanol–water partition coefficient (Wildman–Crippen LogP) is 2.91. The molecule has 1 aromatic rings. The van der Waals surface area contributed by atoms with Gasteiger partial charge in [-0.1, -0.05) is 35.0 Å². The van der Waals surface area contributed by atoms with Crippen molar-refractivity contribution in [3.8, 4) is 0 Å². The van der Waals surface area contributed by atoms with Crippen molar-refractivity contribution in [3.05, 3.63) is 35.4 Å². The van der Waals surface area contributed by atoms with E-state index in [0.29, 0.717) is 12.5 Å². The molecule has 0 aromatic heterocycles. The molecule has 0 heterocycles. The molecule has 1 aliphatic rings. The monoisotopic (exact) mass is 189 g/mol. The zero-order valence-electron chi connectivity index (χ0n) is 8.44. The van der Waals surface area contributed by atoms with Crippen molar-refractivity contribution in [2.24, 2.45) is 11.1 Å². The van der Waals surface area contributed by atoms with Crippen LogP contribution in [0.5, 0.6) is 0 Å². The third-order valence-corrected chi connectivity index (χ3v) is 2.28. The van der Waals surface area contributed by atoms with Crippen LogP contribution in [-0.2, 0) is 11.4 Å². The second-order valence-electron chi connectivity index (χ2n) is 3.85.